The van der Waals surface area contributed by atoms with Crippen molar-refractivity contribution in [2.75, 3.05) is 0 Å². The Balaban J connectivity index is 1.87. The third-order valence-corrected chi connectivity index (χ3v) is 4.94. The summed E-state index contributed by atoms with van der Waals surface area (Å²) in [6.07, 6.45) is 6.20. The summed E-state index contributed by atoms with van der Waals surface area (Å²) in [6.45, 7) is 1.50. The normalized spacial score (nSPS) is 26.9. The predicted octanol–water partition coefficient (Wildman–Crippen LogP) is 4.02. The number of benzene rings is 1. The summed E-state index contributed by atoms with van der Waals surface area (Å²) in [5.74, 6) is -1.27. The van der Waals surface area contributed by atoms with E-state index in [9.17, 15) is 13.6 Å². The molecule has 1 spiro atoms. The van der Waals surface area contributed by atoms with Crippen LogP contribution in [0.15, 0.2) is 18.2 Å². The molecule has 3 rings (SSSR count). The van der Waals surface area contributed by atoms with Crippen LogP contribution in [0.4, 0.5) is 8.78 Å². The molecule has 3 nitrogen and oxygen atoms in total. The molecule has 0 unspecified atom stereocenters. The highest BCUT2D eigenvalue weighted by molar-refractivity contribution is 5.73. The monoisotopic (exact) mass is 323 g/mol. The van der Waals surface area contributed by atoms with E-state index in [0.717, 1.165) is 38.2 Å². The lowest BCUT2D eigenvalue weighted by molar-refractivity contribution is -0.158. The lowest BCUT2D eigenvalue weighted by atomic mass is 9.76. The third kappa shape index (κ3) is 3.89. The smallest absolute Gasteiger partial charge is 0.217 e. The summed E-state index contributed by atoms with van der Waals surface area (Å²) in [7, 11) is 0. The molecule has 1 aliphatic heterocycles. The molecule has 0 bridgehead atoms. The van der Waals surface area contributed by atoms with Gasteiger partial charge >= 0.3 is 0 Å². The summed E-state index contributed by atoms with van der Waals surface area (Å²) in [4.78, 5) is 11.5. The Morgan fingerprint density at radius 2 is 1.83 bits per heavy atom. The largest absolute Gasteiger partial charge is 0.367 e. The van der Waals surface area contributed by atoms with Gasteiger partial charge in [0.25, 0.3) is 0 Å². The van der Waals surface area contributed by atoms with Gasteiger partial charge in [-0.3, -0.25) is 4.79 Å². The van der Waals surface area contributed by atoms with Crippen LogP contribution in [0.2, 0.25) is 0 Å². The second-order valence-corrected chi connectivity index (χ2v) is 6.89. The Bertz CT molecular complexity index is 564. The maximum atomic E-state index is 13.6. The zero-order valence-corrected chi connectivity index (χ0v) is 13.4. The van der Waals surface area contributed by atoms with Crippen LogP contribution >= 0.6 is 0 Å². The molecule has 0 aromatic heterocycles. The standard InChI is InChI=1S/C18H23F2NO2/c1-12(22)21-16-10-17(13-7-14(19)9-15(20)8-13)23-18(11-16)5-3-2-4-6-18/h7-9,16-17H,2-6,10-11H2,1H3,(H,21,22)/t16-,17-/m1/s1. The first-order valence-electron chi connectivity index (χ1n) is 8.37. The summed E-state index contributed by atoms with van der Waals surface area (Å²) >= 11 is 0. The Kier molecular flexibility index (Phi) is 4.67. The molecule has 2 aliphatic rings. The fraction of sp³-hybridized carbons (Fsp3) is 0.611. The number of hydrogen-bond donors (Lipinski definition) is 1. The SMILES string of the molecule is CC(=O)N[C@@H]1C[C@H](c2cc(F)cc(F)c2)OC2(CCCCC2)C1. The van der Waals surface area contributed by atoms with Crippen molar-refractivity contribution in [3.8, 4) is 0 Å². The van der Waals surface area contributed by atoms with Gasteiger partial charge in [-0.1, -0.05) is 19.3 Å². The number of carbonyl (C=O) groups excluding carboxylic acids is 1. The number of carbonyl (C=O) groups is 1. The molecule has 2 fully saturated rings. The molecule has 1 heterocycles. The van der Waals surface area contributed by atoms with Crippen molar-refractivity contribution in [1.29, 1.82) is 0 Å². The van der Waals surface area contributed by atoms with E-state index < -0.39 is 11.6 Å². The van der Waals surface area contributed by atoms with Crippen molar-refractivity contribution in [2.45, 2.75) is 69.6 Å². The minimum Gasteiger partial charge on any atom is -0.367 e. The molecule has 5 heteroatoms. The minimum atomic E-state index is -0.594. The van der Waals surface area contributed by atoms with Crippen molar-refractivity contribution in [3.05, 3.63) is 35.4 Å². The number of hydrogen-bond acceptors (Lipinski definition) is 2. The molecule has 0 radical (unpaired) electrons. The molecule has 1 aliphatic carbocycles. The quantitative estimate of drug-likeness (QED) is 0.892. The second-order valence-electron chi connectivity index (χ2n) is 6.89. The van der Waals surface area contributed by atoms with Crippen molar-refractivity contribution in [3.63, 3.8) is 0 Å². The van der Waals surface area contributed by atoms with Gasteiger partial charge in [-0.25, -0.2) is 8.78 Å². The van der Waals surface area contributed by atoms with E-state index in [1.807, 2.05) is 0 Å². The molecular weight excluding hydrogens is 300 g/mol. The van der Waals surface area contributed by atoms with Crippen molar-refractivity contribution in [2.24, 2.45) is 0 Å². The lowest BCUT2D eigenvalue weighted by Crippen LogP contribution is -2.50. The zero-order valence-electron chi connectivity index (χ0n) is 13.4. The van der Waals surface area contributed by atoms with Crippen molar-refractivity contribution >= 4 is 5.91 Å². The van der Waals surface area contributed by atoms with E-state index in [1.54, 1.807) is 0 Å². The first-order chi connectivity index (χ1) is 11.0. The van der Waals surface area contributed by atoms with Crippen LogP contribution in [0.1, 0.15) is 63.5 Å². The Morgan fingerprint density at radius 1 is 1.17 bits per heavy atom. The summed E-state index contributed by atoms with van der Waals surface area (Å²) in [5, 5.41) is 2.98. The van der Waals surface area contributed by atoms with Gasteiger partial charge in [0.05, 0.1) is 11.7 Å². The topological polar surface area (TPSA) is 38.3 Å². The highest BCUT2D eigenvalue weighted by atomic mass is 19.1. The van der Waals surface area contributed by atoms with Gasteiger partial charge in [0.2, 0.25) is 5.91 Å². The Morgan fingerprint density at radius 3 is 2.43 bits per heavy atom. The molecule has 1 amide bonds. The molecule has 1 saturated carbocycles. The Labute approximate surface area is 135 Å². The molecule has 1 aromatic carbocycles. The van der Waals surface area contributed by atoms with Crippen molar-refractivity contribution in [1.82, 2.24) is 5.32 Å². The predicted molar refractivity (Wildman–Crippen MR) is 82.8 cm³/mol. The van der Waals surface area contributed by atoms with Gasteiger partial charge in [0.15, 0.2) is 0 Å². The van der Waals surface area contributed by atoms with Gasteiger partial charge in [0, 0.05) is 19.0 Å². The van der Waals surface area contributed by atoms with E-state index in [0.29, 0.717) is 12.0 Å². The van der Waals surface area contributed by atoms with Crippen molar-refractivity contribution < 1.29 is 18.3 Å². The number of nitrogens with one attached hydrogen (secondary N) is 1. The number of ether oxygens (including phenoxy) is 1. The second kappa shape index (κ2) is 6.56. The van der Waals surface area contributed by atoms with Gasteiger partial charge in [-0.05, 0) is 43.4 Å². The van der Waals surface area contributed by atoms with Crippen LogP contribution in [0.3, 0.4) is 0 Å². The van der Waals surface area contributed by atoms with E-state index in [1.165, 1.54) is 25.5 Å². The number of halogens is 2. The fourth-order valence-corrected chi connectivity index (χ4v) is 4.07. The molecule has 23 heavy (non-hydrogen) atoms. The maximum absolute atomic E-state index is 13.6. The Hall–Kier alpha value is -1.49. The van der Waals surface area contributed by atoms with E-state index in [-0.39, 0.29) is 23.7 Å². The highest BCUT2D eigenvalue weighted by Crippen LogP contribution is 2.45. The van der Waals surface area contributed by atoms with Crippen LogP contribution in [0.25, 0.3) is 0 Å². The maximum Gasteiger partial charge on any atom is 0.217 e. The minimum absolute atomic E-state index is 0.0179. The zero-order chi connectivity index (χ0) is 16.4. The molecular formula is C18H23F2NO2. The van der Waals surface area contributed by atoms with Gasteiger partial charge in [-0.15, -0.1) is 0 Å². The summed E-state index contributed by atoms with van der Waals surface area (Å²) < 4.78 is 33.5. The van der Waals surface area contributed by atoms with E-state index >= 15 is 0 Å². The summed E-state index contributed by atoms with van der Waals surface area (Å²) in [6, 6.07) is 3.52. The van der Waals surface area contributed by atoms with E-state index in [2.05, 4.69) is 5.32 Å². The first-order valence-corrected chi connectivity index (χ1v) is 8.37. The third-order valence-electron chi connectivity index (χ3n) is 4.94. The average molecular weight is 323 g/mol. The van der Waals surface area contributed by atoms with Crippen LogP contribution in [0.5, 0.6) is 0 Å². The van der Waals surface area contributed by atoms with Crippen LogP contribution in [0, 0.1) is 11.6 Å². The lowest BCUT2D eigenvalue weighted by Gasteiger charge is -2.47. The molecule has 126 valence electrons. The van der Waals surface area contributed by atoms with Gasteiger partial charge in [0.1, 0.15) is 11.6 Å². The van der Waals surface area contributed by atoms with Crippen LogP contribution < -0.4 is 5.32 Å². The summed E-state index contributed by atoms with van der Waals surface area (Å²) in [5.41, 5.74) is 0.236. The van der Waals surface area contributed by atoms with Gasteiger partial charge in [-0.2, -0.15) is 0 Å². The molecule has 1 saturated heterocycles. The van der Waals surface area contributed by atoms with Crippen LogP contribution in [-0.2, 0) is 9.53 Å². The number of amides is 1. The molecule has 1 N–H and O–H groups in total. The molecule has 1 aromatic rings. The van der Waals surface area contributed by atoms with E-state index in [4.69, 9.17) is 4.74 Å². The molecule has 2 atom stereocenters. The van der Waals surface area contributed by atoms with Gasteiger partial charge < -0.3 is 10.1 Å². The average Bonchev–Trinajstić information content (AvgIpc) is 2.45. The van der Waals surface area contributed by atoms with Crippen LogP contribution in [-0.4, -0.2) is 17.6 Å². The first kappa shape index (κ1) is 16.4. The fourth-order valence-electron chi connectivity index (χ4n) is 4.07. The number of rotatable bonds is 2. The highest BCUT2D eigenvalue weighted by Gasteiger charge is 2.43.